The summed E-state index contributed by atoms with van der Waals surface area (Å²) in [7, 11) is 0. The predicted octanol–water partition coefficient (Wildman–Crippen LogP) is 1.09. The molecule has 0 aromatic carbocycles. The van der Waals surface area contributed by atoms with Gasteiger partial charge in [-0.2, -0.15) is 15.0 Å². The highest BCUT2D eigenvalue weighted by Crippen LogP contribution is 1.86. The van der Waals surface area contributed by atoms with Crippen molar-refractivity contribution in [3.05, 3.63) is 16.6 Å². The third kappa shape index (κ3) is 1.29. The van der Waals surface area contributed by atoms with Crippen molar-refractivity contribution in [2.75, 3.05) is 0 Å². The van der Waals surface area contributed by atoms with Crippen LogP contribution in [0.25, 0.3) is 5.53 Å². The van der Waals surface area contributed by atoms with Crippen molar-refractivity contribution in [3.63, 3.8) is 0 Å². The molecule has 52 valence electrons. The second-order valence-electron chi connectivity index (χ2n) is 1.27. The van der Waals surface area contributed by atoms with Gasteiger partial charge in [0.2, 0.25) is 4.77 Å². The van der Waals surface area contributed by atoms with Crippen LogP contribution in [0.15, 0.2) is 22.0 Å². The average Bonchev–Trinajstić information content (AvgIpc) is 2.31. The van der Waals surface area contributed by atoms with Gasteiger partial charge in [0.1, 0.15) is 6.33 Å². The molecule has 7 nitrogen and oxygen atoms in total. The van der Waals surface area contributed by atoms with Crippen LogP contribution in [0.4, 0.5) is 0 Å². The third-order valence-electron chi connectivity index (χ3n) is 0.712. The molecule has 0 amide bonds. The monoisotopic (exact) mass is 156 g/mol. The van der Waals surface area contributed by atoms with Crippen molar-refractivity contribution in [1.29, 1.82) is 0 Å². The zero-order valence-electron chi connectivity index (χ0n) is 4.67. The second kappa shape index (κ2) is 2.92. The summed E-state index contributed by atoms with van der Waals surface area (Å²) in [6, 6.07) is 0. The van der Waals surface area contributed by atoms with Gasteiger partial charge in [-0.05, 0) is 12.2 Å². The van der Waals surface area contributed by atoms with E-state index < -0.39 is 0 Å². The van der Waals surface area contributed by atoms with E-state index >= 15 is 0 Å². The van der Waals surface area contributed by atoms with Crippen LogP contribution in [0.3, 0.4) is 0 Å². The molecule has 0 aliphatic carbocycles. The molecule has 0 unspecified atom stereocenters. The Bertz CT molecular complexity index is 293. The van der Waals surface area contributed by atoms with Crippen molar-refractivity contribution < 1.29 is 0 Å². The Morgan fingerprint density at radius 1 is 1.80 bits per heavy atom. The number of aromatic nitrogens is 3. The Morgan fingerprint density at radius 3 is 3.10 bits per heavy atom. The van der Waals surface area contributed by atoms with Crippen LogP contribution >= 0.6 is 12.2 Å². The fourth-order valence-corrected chi connectivity index (χ4v) is 0.503. The Labute approximate surface area is 60.2 Å². The molecule has 0 radical (unpaired) electrons. The summed E-state index contributed by atoms with van der Waals surface area (Å²) < 4.78 is 1.43. The van der Waals surface area contributed by atoms with Crippen LogP contribution in [0, 0.1) is 4.77 Å². The van der Waals surface area contributed by atoms with E-state index in [4.69, 9.17) is 5.53 Å². The zero-order chi connectivity index (χ0) is 7.40. The summed E-state index contributed by atoms with van der Waals surface area (Å²) >= 11 is 4.67. The fourth-order valence-electron chi connectivity index (χ4n) is 0.367. The SMILES string of the molecule is [N-]=N/N=N/n1cn[nH]c1=S. The van der Waals surface area contributed by atoms with Crippen molar-refractivity contribution >= 4 is 12.2 Å². The Hall–Kier alpha value is -1.44. The Morgan fingerprint density at radius 2 is 2.60 bits per heavy atom. The molecule has 1 aromatic rings. The summed E-state index contributed by atoms with van der Waals surface area (Å²) in [6.45, 7) is 0. The van der Waals surface area contributed by atoms with Gasteiger partial charge in [0.15, 0.2) is 0 Å². The molecule has 1 rings (SSSR count). The predicted molar refractivity (Wildman–Crippen MR) is 33.5 cm³/mol. The molecule has 1 N–H and O–H groups in total. The van der Waals surface area contributed by atoms with Gasteiger partial charge < -0.3 is 5.53 Å². The quantitative estimate of drug-likeness (QED) is 0.394. The van der Waals surface area contributed by atoms with E-state index in [1.165, 1.54) is 6.33 Å². The van der Waals surface area contributed by atoms with Crippen LogP contribution in [0.1, 0.15) is 0 Å². The maximum atomic E-state index is 7.84. The van der Waals surface area contributed by atoms with Crippen molar-refractivity contribution in [3.8, 4) is 0 Å². The van der Waals surface area contributed by atoms with E-state index in [0.29, 0.717) is 0 Å². The lowest BCUT2D eigenvalue weighted by atomic mass is 11.2. The molecule has 10 heavy (non-hydrogen) atoms. The number of aromatic amines is 1. The maximum absolute atomic E-state index is 7.84. The Kier molecular flexibility index (Phi) is 1.95. The highest BCUT2D eigenvalue weighted by Gasteiger charge is 1.83. The molecule has 0 fully saturated rings. The lowest BCUT2D eigenvalue weighted by molar-refractivity contribution is 0.752. The molecular formula is C2H2N7S-. The molecule has 1 aromatic heterocycles. The molecule has 0 spiro atoms. The summed E-state index contributed by atoms with van der Waals surface area (Å²) in [5, 5.41) is 14.6. The summed E-state index contributed by atoms with van der Waals surface area (Å²) in [5.41, 5.74) is 7.84. The lowest BCUT2D eigenvalue weighted by Gasteiger charge is -1.88. The first-order valence-electron chi connectivity index (χ1n) is 2.22. The smallest absolute Gasteiger partial charge is 0.216 e. The van der Waals surface area contributed by atoms with E-state index in [-0.39, 0.29) is 4.77 Å². The average molecular weight is 156 g/mol. The first-order valence-corrected chi connectivity index (χ1v) is 2.63. The van der Waals surface area contributed by atoms with Gasteiger partial charge in [-0.15, -0.1) is 0 Å². The molecule has 0 aliphatic rings. The first kappa shape index (κ1) is 6.68. The van der Waals surface area contributed by atoms with Crippen LogP contribution in [0.5, 0.6) is 0 Å². The first-order chi connectivity index (χ1) is 4.84. The molecule has 1 heterocycles. The van der Waals surface area contributed by atoms with E-state index in [9.17, 15) is 0 Å². The van der Waals surface area contributed by atoms with Crippen LogP contribution in [-0.2, 0) is 0 Å². The fraction of sp³-hybridized carbons (Fsp3) is 0. The van der Waals surface area contributed by atoms with E-state index in [0.717, 1.165) is 4.68 Å². The number of nitrogens with zero attached hydrogens (tertiary/aromatic N) is 6. The second-order valence-corrected chi connectivity index (χ2v) is 1.66. The Balaban J connectivity index is 2.95. The summed E-state index contributed by atoms with van der Waals surface area (Å²) in [4.78, 5) is 0. The molecule has 8 heteroatoms. The van der Waals surface area contributed by atoms with Gasteiger partial charge in [0, 0.05) is 0 Å². The zero-order valence-corrected chi connectivity index (χ0v) is 5.49. The van der Waals surface area contributed by atoms with Crippen LogP contribution in [0.2, 0.25) is 0 Å². The van der Waals surface area contributed by atoms with E-state index in [1.54, 1.807) is 0 Å². The van der Waals surface area contributed by atoms with Gasteiger partial charge in [0.25, 0.3) is 0 Å². The number of hydrogen-bond acceptors (Lipinski definition) is 3. The molecule has 0 bridgehead atoms. The number of hydrogen-bond donors (Lipinski definition) is 1. The van der Waals surface area contributed by atoms with Crippen molar-refractivity contribution in [2.45, 2.75) is 0 Å². The van der Waals surface area contributed by atoms with Crippen molar-refractivity contribution in [2.24, 2.45) is 15.7 Å². The molecule has 0 saturated carbocycles. The minimum atomic E-state index is 0.285. The van der Waals surface area contributed by atoms with Crippen LogP contribution < -0.4 is 0 Å². The van der Waals surface area contributed by atoms with Gasteiger partial charge in [0.05, 0.1) is 0 Å². The topological polar surface area (TPSA) is 93.0 Å². The number of rotatable bonds is 2. The molecule has 0 saturated heterocycles. The highest BCUT2D eigenvalue weighted by molar-refractivity contribution is 7.71. The minimum absolute atomic E-state index is 0.285. The lowest BCUT2D eigenvalue weighted by Crippen LogP contribution is -1.81. The third-order valence-corrected chi connectivity index (χ3v) is 0.990. The van der Waals surface area contributed by atoms with E-state index in [1.807, 2.05) is 0 Å². The molecule has 0 aliphatic heterocycles. The number of H-pyrrole nitrogens is 1. The highest BCUT2D eigenvalue weighted by atomic mass is 32.1. The van der Waals surface area contributed by atoms with Gasteiger partial charge in [-0.3, -0.25) is 10.3 Å². The maximum Gasteiger partial charge on any atom is 0.216 e. The molecular weight excluding hydrogens is 154 g/mol. The summed E-state index contributed by atoms with van der Waals surface area (Å²) in [5.74, 6) is 0. The van der Waals surface area contributed by atoms with Gasteiger partial charge in [-0.25, -0.2) is 5.22 Å². The summed E-state index contributed by atoms with van der Waals surface area (Å²) in [6.07, 6.45) is 1.30. The standard InChI is InChI=1S/C2H2N7S/c3-6-7-8-9-1-4-5-2(9)10/h1H,(H,5,10)/q-1/b8-7+. The van der Waals surface area contributed by atoms with Crippen LogP contribution in [-0.4, -0.2) is 14.9 Å². The van der Waals surface area contributed by atoms with Gasteiger partial charge in [-0.1, -0.05) is 0 Å². The van der Waals surface area contributed by atoms with Crippen molar-refractivity contribution in [1.82, 2.24) is 14.9 Å². The van der Waals surface area contributed by atoms with E-state index in [2.05, 4.69) is 38.1 Å². The largest absolute Gasteiger partial charge is 0.360 e. The number of nitrogens with one attached hydrogen (secondary N) is 1. The normalized spacial score (nSPS) is 10.4. The molecule has 0 atom stereocenters. The van der Waals surface area contributed by atoms with Gasteiger partial charge >= 0.3 is 0 Å². The minimum Gasteiger partial charge on any atom is -0.360 e.